The predicted molar refractivity (Wildman–Crippen MR) is 83.4 cm³/mol. The molecule has 1 saturated heterocycles. The van der Waals surface area contributed by atoms with E-state index in [4.69, 9.17) is 0 Å². The number of carbonyl (C=O) groups excluding carboxylic acids is 1. The summed E-state index contributed by atoms with van der Waals surface area (Å²) >= 11 is 0. The van der Waals surface area contributed by atoms with E-state index >= 15 is 0 Å². The lowest BCUT2D eigenvalue weighted by Crippen LogP contribution is -2.30. The van der Waals surface area contributed by atoms with Gasteiger partial charge in [0, 0.05) is 25.8 Å². The van der Waals surface area contributed by atoms with Gasteiger partial charge in [-0.1, -0.05) is 13.0 Å². The number of hydrogen-bond acceptors (Lipinski definition) is 5. The number of nitrogens with one attached hydrogen (secondary N) is 1. The van der Waals surface area contributed by atoms with Gasteiger partial charge in [0.2, 0.25) is 11.9 Å². The Morgan fingerprint density at radius 2 is 2.27 bits per heavy atom. The van der Waals surface area contributed by atoms with Gasteiger partial charge < -0.3 is 9.47 Å². The summed E-state index contributed by atoms with van der Waals surface area (Å²) in [5.41, 5.74) is 0. The van der Waals surface area contributed by atoms with Gasteiger partial charge in [0.15, 0.2) is 0 Å². The summed E-state index contributed by atoms with van der Waals surface area (Å²) in [4.78, 5) is 19.0. The van der Waals surface area contributed by atoms with Gasteiger partial charge >= 0.3 is 0 Å². The van der Waals surface area contributed by atoms with Crippen LogP contribution in [0.1, 0.15) is 13.8 Å². The van der Waals surface area contributed by atoms with Gasteiger partial charge in [-0.2, -0.15) is 0 Å². The highest BCUT2D eigenvalue weighted by molar-refractivity contribution is 5.92. The first kappa shape index (κ1) is 14.5. The molecule has 22 heavy (non-hydrogen) atoms. The average molecular weight is 300 g/mol. The monoisotopic (exact) mass is 300 g/mol. The Morgan fingerprint density at radius 1 is 1.41 bits per heavy atom. The first-order valence-corrected chi connectivity index (χ1v) is 7.53. The largest absolute Gasteiger partial charge is 0.356 e. The van der Waals surface area contributed by atoms with Gasteiger partial charge in [-0.3, -0.25) is 10.1 Å². The Labute approximate surface area is 129 Å². The van der Waals surface area contributed by atoms with Gasteiger partial charge in [-0.15, -0.1) is 10.2 Å². The van der Waals surface area contributed by atoms with E-state index in [1.54, 1.807) is 12.5 Å². The van der Waals surface area contributed by atoms with E-state index in [0.717, 1.165) is 18.9 Å². The molecule has 7 nitrogen and oxygen atoms in total. The summed E-state index contributed by atoms with van der Waals surface area (Å²) in [7, 11) is 0. The topological polar surface area (TPSA) is 75.9 Å². The third-order valence-electron chi connectivity index (χ3n) is 4.11. The highest BCUT2D eigenvalue weighted by atomic mass is 16.2. The van der Waals surface area contributed by atoms with Gasteiger partial charge in [0.25, 0.3) is 0 Å². The van der Waals surface area contributed by atoms with E-state index < -0.39 is 0 Å². The van der Waals surface area contributed by atoms with Crippen LogP contribution < -0.4 is 10.2 Å². The Morgan fingerprint density at radius 3 is 3.00 bits per heavy atom. The second-order valence-corrected chi connectivity index (χ2v) is 5.61. The lowest BCUT2D eigenvalue weighted by Gasteiger charge is -2.16. The van der Waals surface area contributed by atoms with Crippen molar-refractivity contribution < 1.29 is 4.79 Å². The van der Waals surface area contributed by atoms with Crippen LogP contribution in [0.5, 0.6) is 0 Å². The average Bonchev–Trinajstić information content (AvgIpc) is 3.14. The molecule has 1 amide bonds. The molecule has 1 fully saturated rings. The van der Waals surface area contributed by atoms with Crippen LogP contribution in [0.4, 0.5) is 11.8 Å². The summed E-state index contributed by atoms with van der Waals surface area (Å²) in [6, 6.07) is 5.83. The minimum Gasteiger partial charge on any atom is -0.356 e. The third kappa shape index (κ3) is 2.79. The number of pyridine rings is 1. The summed E-state index contributed by atoms with van der Waals surface area (Å²) in [6.07, 6.45) is 3.39. The van der Waals surface area contributed by atoms with Crippen LogP contribution in [0.15, 0.2) is 30.7 Å². The fourth-order valence-corrected chi connectivity index (χ4v) is 2.82. The minimum absolute atomic E-state index is 0.00590. The second-order valence-electron chi connectivity index (χ2n) is 5.61. The van der Waals surface area contributed by atoms with Crippen LogP contribution in [-0.4, -0.2) is 38.7 Å². The number of hydrogen-bond donors (Lipinski definition) is 1. The lowest BCUT2D eigenvalue weighted by molar-refractivity contribution is -0.120. The van der Waals surface area contributed by atoms with Gasteiger partial charge in [-0.05, 0) is 25.0 Å². The van der Waals surface area contributed by atoms with Crippen molar-refractivity contribution in [3.63, 3.8) is 0 Å². The van der Waals surface area contributed by atoms with E-state index in [-0.39, 0.29) is 17.7 Å². The quantitative estimate of drug-likeness (QED) is 0.924. The maximum absolute atomic E-state index is 12.5. The lowest BCUT2D eigenvalue weighted by atomic mass is 9.97. The zero-order valence-electron chi connectivity index (χ0n) is 12.8. The van der Waals surface area contributed by atoms with Crippen LogP contribution in [0.25, 0.3) is 0 Å². The normalized spacial score (nSPS) is 21.1. The molecule has 0 aliphatic carbocycles. The molecule has 0 spiro atoms. The molecular formula is C15H20N6O. The molecule has 1 aliphatic rings. The summed E-state index contributed by atoms with van der Waals surface area (Å²) in [6.45, 7) is 6.31. The van der Waals surface area contributed by atoms with Crippen molar-refractivity contribution in [2.24, 2.45) is 11.8 Å². The van der Waals surface area contributed by atoms with Crippen LogP contribution in [0, 0.1) is 11.8 Å². The van der Waals surface area contributed by atoms with Crippen molar-refractivity contribution in [2.75, 3.05) is 23.3 Å². The number of aryl methyl sites for hydroxylation is 1. The van der Waals surface area contributed by atoms with Crippen molar-refractivity contribution in [1.82, 2.24) is 19.7 Å². The van der Waals surface area contributed by atoms with Crippen molar-refractivity contribution in [3.8, 4) is 0 Å². The van der Waals surface area contributed by atoms with Crippen LogP contribution >= 0.6 is 0 Å². The van der Waals surface area contributed by atoms with E-state index in [2.05, 4.69) is 32.3 Å². The second kappa shape index (κ2) is 6.13. The maximum atomic E-state index is 12.5. The number of amides is 1. The molecule has 0 bridgehead atoms. The zero-order valence-corrected chi connectivity index (χ0v) is 12.8. The van der Waals surface area contributed by atoms with Crippen LogP contribution in [0.3, 0.4) is 0 Å². The van der Waals surface area contributed by atoms with Gasteiger partial charge in [0.05, 0.1) is 5.92 Å². The SMILES string of the molecule is CCn1cnnc1NC(=O)[C@@H]1CN(c2ccccn2)C[C@H]1C. The molecule has 116 valence electrons. The molecule has 0 unspecified atom stereocenters. The van der Waals surface area contributed by atoms with Crippen molar-refractivity contribution >= 4 is 17.7 Å². The molecule has 0 aromatic carbocycles. The van der Waals surface area contributed by atoms with Crippen LogP contribution in [-0.2, 0) is 11.3 Å². The number of anilines is 2. The molecule has 7 heteroatoms. The molecule has 2 atom stereocenters. The van der Waals surface area contributed by atoms with Crippen molar-refractivity contribution in [2.45, 2.75) is 20.4 Å². The molecule has 1 N–H and O–H groups in total. The predicted octanol–water partition coefficient (Wildman–Crippen LogP) is 1.40. The number of nitrogens with zero attached hydrogens (tertiary/aromatic N) is 5. The fraction of sp³-hybridized carbons (Fsp3) is 0.467. The van der Waals surface area contributed by atoms with E-state index in [1.165, 1.54) is 0 Å². The summed E-state index contributed by atoms with van der Waals surface area (Å²) < 4.78 is 1.81. The molecule has 0 saturated carbocycles. The highest BCUT2D eigenvalue weighted by Crippen LogP contribution is 2.27. The van der Waals surface area contributed by atoms with E-state index in [0.29, 0.717) is 12.5 Å². The maximum Gasteiger partial charge on any atom is 0.231 e. The van der Waals surface area contributed by atoms with Crippen molar-refractivity contribution in [3.05, 3.63) is 30.7 Å². The molecule has 2 aromatic heterocycles. The number of carbonyl (C=O) groups is 1. The molecule has 3 heterocycles. The third-order valence-corrected chi connectivity index (χ3v) is 4.11. The smallest absolute Gasteiger partial charge is 0.231 e. The zero-order chi connectivity index (χ0) is 15.5. The van der Waals surface area contributed by atoms with E-state index in [1.807, 2.05) is 29.7 Å². The van der Waals surface area contributed by atoms with Gasteiger partial charge in [-0.25, -0.2) is 4.98 Å². The minimum atomic E-state index is -0.0796. The summed E-state index contributed by atoms with van der Waals surface area (Å²) in [5.74, 6) is 1.61. The molecule has 0 radical (unpaired) electrons. The molecule has 3 rings (SSSR count). The first-order valence-electron chi connectivity index (χ1n) is 7.53. The fourth-order valence-electron chi connectivity index (χ4n) is 2.82. The Kier molecular flexibility index (Phi) is 4.04. The molecule has 2 aromatic rings. The highest BCUT2D eigenvalue weighted by Gasteiger charge is 2.35. The molecular weight excluding hydrogens is 280 g/mol. The Balaban J connectivity index is 1.68. The summed E-state index contributed by atoms with van der Waals surface area (Å²) in [5, 5.41) is 10.7. The number of aromatic nitrogens is 4. The Bertz CT molecular complexity index is 640. The molecule has 1 aliphatic heterocycles. The standard InChI is InChI=1S/C15H20N6O/c1-3-20-10-17-19-15(20)18-14(22)12-9-21(8-11(12)2)13-6-4-5-7-16-13/h4-7,10-12H,3,8-9H2,1-2H3,(H,18,19,22)/t11-,12-/m1/s1. The first-order chi connectivity index (χ1) is 10.7. The number of rotatable bonds is 4. The Hall–Kier alpha value is -2.44. The van der Waals surface area contributed by atoms with Crippen LogP contribution in [0.2, 0.25) is 0 Å². The van der Waals surface area contributed by atoms with Gasteiger partial charge in [0.1, 0.15) is 12.1 Å². The van der Waals surface area contributed by atoms with Crippen molar-refractivity contribution in [1.29, 1.82) is 0 Å². The van der Waals surface area contributed by atoms with E-state index in [9.17, 15) is 4.79 Å².